The average Bonchev–Trinajstić information content (AvgIpc) is 3.28. The maximum Gasteiger partial charge on any atom is 0.303 e. The van der Waals surface area contributed by atoms with Gasteiger partial charge in [-0.2, -0.15) is 0 Å². The van der Waals surface area contributed by atoms with Crippen molar-refractivity contribution in [3.63, 3.8) is 0 Å². The van der Waals surface area contributed by atoms with E-state index in [-0.39, 0.29) is 110 Å². The van der Waals surface area contributed by atoms with Crippen LogP contribution in [-0.4, -0.2) is 159 Å². The number of amides is 5. The molecule has 68 heavy (non-hydrogen) atoms. The van der Waals surface area contributed by atoms with Gasteiger partial charge in [-0.1, -0.05) is 77.0 Å². The molecule has 0 aliphatic rings. The Morgan fingerprint density at radius 1 is 0.426 bits per heavy atom. The van der Waals surface area contributed by atoms with E-state index in [4.69, 9.17) is 34.3 Å². The van der Waals surface area contributed by atoms with Crippen molar-refractivity contribution < 1.29 is 82.2 Å². The number of carboxylic acid groups (broad SMARTS) is 3. The van der Waals surface area contributed by atoms with E-state index in [0.717, 1.165) is 44.9 Å². The Labute approximate surface area is 399 Å². The first kappa shape index (κ1) is 62.9. The highest BCUT2D eigenvalue weighted by molar-refractivity contribution is 5.92. The number of carbonyl (C=O) groups excluding carboxylic acids is 7. The summed E-state index contributed by atoms with van der Waals surface area (Å²) in [5.74, 6) is -6.04. The first-order valence-electron chi connectivity index (χ1n) is 24.0. The Bertz CT molecular complexity index is 1480. The van der Waals surface area contributed by atoms with Crippen LogP contribution >= 0.6 is 0 Å². The molecule has 0 radical (unpaired) electrons. The van der Waals surface area contributed by atoms with E-state index in [0.29, 0.717) is 12.7 Å². The molecule has 5 amide bonds. The Hall–Kier alpha value is -5.06. The molecule has 0 heterocycles. The number of unbranched alkanes of at least 4 members (excludes halogenated alkanes) is 13. The van der Waals surface area contributed by atoms with Gasteiger partial charge >= 0.3 is 17.9 Å². The summed E-state index contributed by atoms with van der Waals surface area (Å²) in [7, 11) is 0. The second-order valence-electron chi connectivity index (χ2n) is 16.4. The monoisotopic (exact) mass is 974 g/mol. The van der Waals surface area contributed by atoms with Crippen molar-refractivity contribution in [2.24, 2.45) is 0 Å². The van der Waals surface area contributed by atoms with Crippen LogP contribution in [0.15, 0.2) is 0 Å². The number of aldehydes is 1. The van der Waals surface area contributed by atoms with Crippen molar-refractivity contribution in [3.8, 4) is 0 Å². The number of nitrogens with one attached hydrogen (secondary N) is 5. The molecule has 0 saturated carbocycles. The van der Waals surface area contributed by atoms with E-state index in [9.17, 15) is 47.9 Å². The number of hydrogen-bond acceptors (Lipinski definition) is 14. The Morgan fingerprint density at radius 3 is 1.32 bits per heavy atom. The van der Waals surface area contributed by atoms with Crippen molar-refractivity contribution >= 4 is 59.5 Å². The van der Waals surface area contributed by atoms with Crippen LogP contribution in [0.4, 0.5) is 0 Å². The quantitative estimate of drug-likeness (QED) is 0.0320. The highest BCUT2D eigenvalue weighted by atomic mass is 16.5. The molecule has 22 heteroatoms. The zero-order valence-corrected chi connectivity index (χ0v) is 40.0. The summed E-state index contributed by atoms with van der Waals surface area (Å²) in [4.78, 5) is 117. The Kier molecular flexibility index (Phi) is 40.0. The minimum Gasteiger partial charge on any atom is -0.481 e. The first-order valence-corrected chi connectivity index (χ1v) is 24.0. The lowest BCUT2D eigenvalue weighted by atomic mass is 10.0. The van der Waals surface area contributed by atoms with Crippen LogP contribution in [0.2, 0.25) is 0 Å². The molecule has 22 nitrogen and oxygen atoms in total. The fraction of sp³-hybridized carbons (Fsp3) is 0.783. The van der Waals surface area contributed by atoms with Gasteiger partial charge in [0.05, 0.1) is 51.7 Å². The summed E-state index contributed by atoms with van der Waals surface area (Å²) in [6, 6.07) is -3.17. The molecule has 0 aliphatic carbocycles. The maximum atomic E-state index is 12.7. The number of Topliss-reactive ketones (excluding diaryl/α,β-unsaturated/α-hetero) is 1. The highest BCUT2D eigenvalue weighted by Crippen LogP contribution is 2.14. The fourth-order valence-electron chi connectivity index (χ4n) is 6.55. The van der Waals surface area contributed by atoms with Crippen LogP contribution in [0, 0.1) is 0 Å². The number of ketones is 1. The molecular weight excluding hydrogens is 895 g/mol. The molecule has 0 aromatic rings. The van der Waals surface area contributed by atoms with Crippen LogP contribution < -0.4 is 26.6 Å². The maximum absolute atomic E-state index is 12.7. The third kappa shape index (κ3) is 41.2. The third-order valence-corrected chi connectivity index (χ3v) is 10.3. The van der Waals surface area contributed by atoms with Crippen molar-refractivity contribution in [2.45, 2.75) is 166 Å². The number of carbonyl (C=O) groups is 10. The van der Waals surface area contributed by atoms with Gasteiger partial charge in [0.1, 0.15) is 25.5 Å². The lowest BCUT2D eigenvalue weighted by molar-refractivity contribution is -0.139. The molecule has 0 aliphatic heterocycles. The number of carboxylic acids is 3. The topological polar surface area (TPSA) is 328 Å². The summed E-state index contributed by atoms with van der Waals surface area (Å²) in [6.07, 6.45) is 15.4. The zero-order chi connectivity index (χ0) is 50.6. The molecule has 8 N–H and O–H groups in total. The molecule has 0 spiro atoms. The van der Waals surface area contributed by atoms with E-state index < -0.39 is 72.6 Å². The molecule has 0 aromatic heterocycles. The van der Waals surface area contributed by atoms with Crippen LogP contribution in [0.25, 0.3) is 0 Å². The number of rotatable bonds is 48. The molecule has 0 saturated heterocycles. The summed E-state index contributed by atoms with van der Waals surface area (Å²) in [6.45, 7) is 1.53. The summed E-state index contributed by atoms with van der Waals surface area (Å²) in [5, 5.41) is 39.2. The van der Waals surface area contributed by atoms with Gasteiger partial charge in [-0.05, 0) is 39.0 Å². The predicted molar refractivity (Wildman–Crippen MR) is 246 cm³/mol. The average molecular weight is 974 g/mol. The summed E-state index contributed by atoms with van der Waals surface area (Å²) in [5.41, 5.74) is 0. The molecule has 0 fully saturated rings. The Balaban J connectivity index is 3.86. The first-order chi connectivity index (χ1) is 32.6. The van der Waals surface area contributed by atoms with Gasteiger partial charge in [-0.25, -0.2) is 0 Å². The summed E-state index contributed by atoms with van der Waals surface area (Å²) >= 11 is 0. The van der Waals surface area contributed by atoms with E-state index in [1.54, 1.807) is 0 Å². The number of aliphatic carboxylic acids is 3. The molecule has 0 unspecified atom stereocenters. The molecule has 390 valence electrons. The van der Waals surface area contributed by atoms with Crippen molar-refractivity contribution in [2.75, 3.05) is 65.9 Å². The van der Waals surface area contributed by atoms with Gasteiger partial charge in [-0.3, -0.25) is 43.2 Å². The SMILES string of the molecule is CC(=O)[C@H](CCC(=O)O)NC(=O)[C@H](CCC(=O)O)NC(=O)COCCOCCNC(=O)COCCOCCNC(=O)CC[C@@H](C=O)NC(=O)CCCCCCCCCCCCCCCCC(=O)O. The standard InChI is InChI=1S/C46H79N5O17/c1-35(53)37(19-22-44(60)61)51-46(64)38(20-23-45(62)63)50-42(57)34-68-31-29-66-27-25-48-41(56)33-67-30-28-65-26-24-47-39(54)21-18-36(32-52)49-40(55)16-14-12-10-8-6-4-2-3-5-7-9-11-13-15-17-43(58)59/h32,36-38H,2-31,33-34H2,1H3,(H,47,54)(H,48,56)(H,49,55)(H,50,57)(H,51,64)(H,58,59)(H,60,61)(H,62,63)/t36-,37-,38-/m0/s1. The van der Waals surface area contributed by atoms with Crippen LogP contribution in [0.1, 0.15) is 148 Å². The van der Waals surface area contributed by atoms with Crippen molar-refractivity contribution in [3.05, 3.63) is 0 Å². The van der Waals surface area contributed by atoms with E-state index in [1.165, 1.54) is 51.9 Å². The fourth-order valence-corrected chi connectivity index (χ4v) is 6.55. The minimum atomic E-state index is -1.31. The van der Waals surface area contributed by atoms with Gasteiger partial charge in [0.25, 0.3) is 0 Å². The van der Waals surface area contributed by atoms with Crippen LogP contribution in [-0.2, 0) is 66.9 Å². The normalized spacial score (nSPS) is 12.2. The lowest BCUT2D eigenvalue weighted by Crippen LogP contribution is -2.52. The van der Waals surface area contributed by atoms with Gasteiger partial charge in [0.2, 0.25) is 29.5 Å². The third-order valence-electron chi connectivity index (χ3n) is 10.3. The smallest absolute Gasteiger partial charge is 0.303 e. The minimum absolute atomic E-state index is 0.0186. The molecule has 0 aromatic carbocycles. The zero-order valence-electron chi connectivity index (χ0n) is 40.0. The van der Waals surface area contributed by atoms with Gasteiger partial charge < -0.3 is 65.6 Å². The lowest BCUT2D eigenvalue weighted by Gasteiger charge is -2.21. The highest BCUT2D eigenvalue weighted by Gasteiger charge is 2.26. The number of ether oxygens (including phenoxy) is 4. The second-order valence-corrected chi connectivity index (χ2v) is 16.4. The van der Waals surface area contributed by atoms with Gasteiger partial charge in [0, 0.05) is 45.2 Å². The molecular formula is C46H79N5O17. The Morgan fingerprint density at radius 2 is 0.853 bits per heavy atom. The van der Waals surface area contributed by atoms with E-state index in [1.807, 2.05) is 0 Å². The molecule has 0 rings (SSSR count). The molecule has 3 atom stereocenters. The second kappa shape index (κ2) is 43.2. The predicted octanol–water partition coefficient (Wildman–Crippen LogP) is 2.36. The van der Waals surface area contributed by atoms with Gasteiger partial charge in [-0.15, -0.1) is 0 Å². The van der Waals surface area contributed by atoms with Gasteiger partial charge in [0.15, 0.2) is 5.78 Å². The van der Waals surface area contributed by atoms with Crippen LogP contribution in [0.3, 0.4) is 0 Å². The van der Waals surface area contributed by atoms with E-state index in [2.05, 4.69) is 26.6 Å². The molecule has 0 bridgehead atoms. The number of hydrogen-bond donors (Lipinski definition) is 8. The largest absolute Gasteiger partial charge is 0.481 e. The van der Waals surface area contributed by atoms with Crippen LogP contribution in [0.5, 0.6) is 0 Å². The van der Waals surface area contributed by atoms with Crippen molar-refractivity contribution in [1.82, 2.24) is 26.6 Å². The summed E-state index contributed by atoms with van der Waals surface area (Å²) < 4.78 is 21.2. The van der Waals surface area contributed by atoms with Crippen molar-refractivity contribution in [1.29, 1.82) is 0 Å². The van der Waals surface area contributed by atoms with E-state index >= 15 is 0 Å².